The van der Waals surface area contributed by atoms with E-state index in [0.29, 0.717) is 11.7 Å². The molecule has 3 aromatic rings. The fraction of sp³-hybridized carbons (Fsp3) is 0.381. The average molecular weight is 383 g/mol. The van der Waals surface area contributed by atoms with Crippen LogP contribution in [0.15, 0.2) is 36.4 Å². The molecule has 1 aliphatic rings. The van der Waals surface area contributed by atoms with Crippen LogP contribution < -0.4 is 4.90 Å². The number of anilines is 1. The van der Waals surface area contributed by atoms with E-state index < -0.39 is 11.6 Å². The quantitative estimate of drug-likeness (QED) is 0.683. The van der Waals surface area contributed by atoms with E-state index in [0.717, 1.165) is 55.1 Å². The van der Waals surface area contributed by atoms with Crippen LogP contribution in [0.2, 0.25) is 0 Å². The van der Waals surface area contributed by atoms with E-state index in [1.54, 1.807) is 10.7 Å². The van der Waals surface area contributed by atoms with Gasteiger partial charge in [0.2, 0.25) is 0 Å². The SMILES string of the molecule is Cc1cc(C)n(-c2ccc(N3CCC(Cc4ccc(F)c(F)c4)CC3)nn2)n1. The van der Waals surface area contributed by atoms with E-state index in [1.807, 2.05) is 32.0 Å². The highest BCUT2D eigenvalue weighted by Crippen LogP contribution is 2.25. The lowest BCUT2D eigenvalue weighted by Crippen LogP contribution is -2.35. The van der Waals surface area contributed by atoms with E-state index in [9.17, 15) is 8.78 Å². The highest BCUT2D eigenvalue weighted by atomic mass is 19.2. The van der Waals surface area contributed by atoms with Gasteiger partial charge in [-0.25, -0.2) is 13.5 Å². The molecule has 0 aliphatic carbocycles. The maximum atomic E-state index is 13.4. The summed E-state index contributed by atoms with van der Waals surface area (Å²) in [4.78, 5) is 2.22. The molecule has 3 heterocycles. The van der Waals surface area contributed by atoms with E-state index in [2.05, 4.69) is 20.2 Å². The molecular formula is C21H23F2N5. The maximum absolute atomic E-state index is 13.4. The van der Waals surface area contributed by atoms with E-state index >= 15 is 0 Å². The summed E-state index contributed by atoms with van der Waals surface area (Å²) in [5, 5.41) is 13.2. The van der Waals surface area contributed by atoms with Crippen molar-refractivity contribution in [1.29, 1.82) is 0 Å². The number of benzene rings is 1. The van der Waals surface area contributed by atoms with Crippen molar-refractivity contribution in [2.75, 3.05) is 18.0 Å². The third kappa shape index (κ3) is 3.88. The van der Waals surface area contributed by atoms with Crippen LogP contribution >= 0.6 is 0 Å². The molecule has 146 valence electrons. The van der Waals surface area contributed by atoms with Gasteiger partial charge in [-0.15, -0.1) is 10.2 Å². The van der Waals surface area contributed by atoms with Crippen molar-refractivity contribution < 1.29 is 8.78 Å². The molecule has 0 radical (unpaired) electrons. The Kier molecular flexibility index (Phi) is 5.07. The highest BCUT2D eigenvalue weighted by molar-refractivity contribution is 5.40. The second kappa shape index (κ2) is 7.66. The van der Waals surface area contributed by atoms with Gasteiger partial charge in [0.05, 0.1) is 5.69 Å². The van der Waals surface area contributed by atoms with Gasteiger partial charge in [0.25, 0.3) is 0 Å². The van der Waals surface area contributed by atoms with Gasteiger partial charge in [-0.05, 0) is 74.9 Å². The molecule has 2 aromatic heterocycles. The minimum Gasteiger partial charge on any atom is -0.355 e. The monoisotopic (exact) mass is 383 g/mol. The van der Waals surface area contributed by atoms with Gasteiger partial charge < -0.3 is 4.90 Å². The summed E-state index contributed by atoms with van der Waals surface area (Å²) in [7, 11) is 0. The number of piperidine rings is 1. The maximum Gasteiger partial charge on any atom is 0.176 e. The van der Waals surface area contributed by atoms with E-state index in [1.165, 1.54) is 12.1 Å². The Balaban J connectivity index is 1.37. The Morgan fingerprint density at radius 1 is 0.929 bits per heavy atom. The lowest BCUT2D eigenvalue weighted by Gasteiger charge is -2.32. The van der Waals surface area contributed by atoms with Crippen molar-refractivity contribution in [2.24, 2.45) is 5.92 Å². The van der Waals surface area contributed by atoms with Gasteiger partial charge in [0.15, 0.2) is 23.3 Å². The fourth-order valence-electron chi connectivity index (χ4n) is 3.83. The van der Waals surface area contributed by atoms with Crippen LogP contribution in [-0.4, -0.2) is 33.1 Å². The molecule has 0 atom stereocenters. The summed E-state index contributed by atoms with van der Waals surface area (Å²) < 4.78 is 28.3. The Morgan fingerprint density at radius 3 is 2.25 bits per heavy atom. The molecule has 1 fully saturated rings. The van der Waals surface area contributed by atoms with Crippen LogP contribution in [0.5, 0.6) is 0 Å². The molecule has 0 bridgehead atoms. The lowest BCUT2D eigenvalue weighted by atomic mass is 9.90. The summed E-state index contributed by atoms with van der Waals surface area (Å²) in [5.41, 5.74) is 2.83. The van der Waals surface area contributed by atoms with Crippen LogP contribution in [-0.2, 0) is 6.42 Å². The number of rotatable bonds is 4. The molecule has 1 aromatic carbocycles. The zero-order chi connectivity index (χ0) is 19.7. The second-order valence-electron chi connectivity index (χ2n) is 7.47. The van der Waals surface area contributed by atoms with Crippen LogP contribution in [0, 0.1) is 31.4 Å². The van der Waals surface area contributed by atoms with Crippen molar-refractivity contribution >= 4 is 5.82 Å². The molecule has 0 saturated carbocycles. The van der Waals surface area contributed by atoms with Crippen LogP contribution in [0.4, 0.5) is 14.6 Å². The first-order valence-electron chi connectivity index (χ1n) is 9.56. The van der Waals surface area contributed by atoms with Crippen molar-refractivity contribution in [3.8, 4) is 5.82 Å². The first kappa shape index (κ1) is 18.5. The number of hydrogen-bond donors (Lipinski definition) is 0. The molecule has 0 amide bonds. The predicted octanol–water partition coefficient (Wildman–Crippen LogP) is 4.02. The van der Waals surface area contributed by atoms with Gasteiger partial charge in [-0.2, -0.15) is 5.10 Å². The summed E-state index contributed by atoms with van der Waals surface area (Å²) in [6.45, 7) is 5.70. The average Bonchev–Trinajstić information content (AvgIpc) is 3.04. The molecule has 1 aliphatic heterocycles. The fourth-order valence-corrected chi connectivity index (χ4v) is 3.83. The standard InChI is InChI=1S/C21H23F2N5/c1-14-11-15(2)28(26-14)21-6-5-20(24-25-21)27-9-7-16(8-10-27)12-17-3-4-18(22)19(23)13-17/h3-6,11,13,16H,7-10,12H2,1-2H3. The Morgan fingerprint density at radius 2 is 1.64 bits per heavy atom. The van der Waals surface area contributed by atoms with E-state index in [4.69, 9.17) is 0 Å². The van der Waals surface area contributed by atoms with Crippen molar-refractivity contribution in [3.63, 3.8) is 0 Å². The zero-order valence-corrected chi connectivity index (χ0v) is 16.1. The third-order valence-electron chi connectivity index (χ3n) is 5.31. The van der Waals surface area contributed by atoms with Crippen molar-refractivity contribution in [3.05, 3.63) is 65.0 Å². The normalized spacial score (nSPS) is 15.2. The number of nitrogens with zero attached hydrogens (tertiary/aromatic N) is 5. The Hall–Kier alpha value is -2.83. The van der Waals surface area contributed by atoms with Crippen molar-refractivity contribution in [1.82, 2.24) is 20.0 Å². The molecule has 28 heavy (non-hydrogen) atoms. The molecule has 0 N–H and O–H groups in total. The molecule has 0 spiro atoms. The lowest BCUT2D eigenvalue weighted by molar-refractivity contribution is 0.400. The third-order valence-corrected chi connectivity index (χ3v) is 5.31. The molecule has 7 heteroatoms. The summed E-state index contributed by atoms with van der Waals surface area (Å²) in [5.74, 6) is 0.469. The Labute approximate surface area is 163 Å². The minimum atomic E-state index is -0.791. The molecule has 5 nitrogen and oxygen atoms in total. The number of halogens is 2. The topological polar surface area (TPSA) is 46.8 Å². The zero-order valence-electron chi connectivity index (χ0n) is 16.1. The van der Waals surface area contributed by atoms with Crippen LogP contribution in [0.25, 0.3) is 5.82 Å². The summed E-state index contributed by atoms with van der Waals surface area (Å²) in [6, 6.07) is 10.1. The number of hydrogen-bond acceptors (Lipinski definition) is 4. The number of aryl methyl sites for hydroxylation is 2. The number of aromatic nitrogens is 4. The highest BCUT2D eigenvalue weighted by Gasteiger charge is 2.21. The molecule has 0 unspecified atom stereocenters. The van der Waals surface area contributed by atoms with Gasteiger partial charge >= 0.3 is 0 Å². The first-order chi connectivity index (χ1) is 13.5. The summed E-state index contributed by atoms with van der Waals surface area (Å²) in [6.07, 6.45) is 2.74. The predicted molar refractivity (Wildman–Crippen MR) is 104 cm³/mol. The van der Waals surface area contributed by atoms with Gasteiger partial charge in [0, 0.05) is 18.8 Å². The molecular weight excluding hydrogens is 360 g/mol. The second-order valence-corrected chi connectivity index (χ2v) is 7.47. The first-order valence-corrected chi connectivity index (χ1v) is 9.56. The molecule has 4 rings (SSSR count). The van der Waals surface area contributed by atoms with E-state index in [-0.39, 0.29) is 0 Å². The van der Waals surface area contributed by atoms with Gasteiger partial charge in [-0.3, -0.25) is 0 Å². The van der Waals surface area contributed by atoms with Gasteiger partial charge in [0.1, 0.15) is 0 Å². The minimum absolute atomic E-state index is 0.461. The van der Waals surface area contributed by atoms with Crippen LogP contribution in [0.1, 0.15) is 29.8 Å². The smallest absolute Gasteiger partial charge is 0.176 e. The summed E-state index contributed by atoms with van der Waals surface area (Å²) >= 11 is 0. The van der Waals surface area contributed by atoms with Gasteiger partial charge in [-0.1, -0.05) is 6.07 Å². The Bertz CT molecular complexity index is 959. The molecule has 1 saturated heterocycles. The van der Waals surface area contributed by atoms with Crippen molar-refractivity contribution in [2.45, 2.75) is 33.1 Å². The van der Waals surface area contributed by atoms with Crippen LogP contribution in [0.3, 0.4) is 0 Å². The largest absolute Gasteiger partial charge is 0.355 e.